The minimum Gasteiger partial charge on any atom is -0.466 e. The molecule has 1 aliphatic rings. The third-order valence-electron chi connectivity index (χ3n) is 5.16. The molecule has 1 aliphatic heterocycles. The fourth-order valence-corrected chi connectivity index (χ4v) is 4.06. The lowest BCUT2D eigenvalue weighted by atomic mass is 9.77. The first-order valence-electron chi connectivity index (χ1n) is 10.3. The van der Waals surface area contributed by atoms with Crippen LogP contribution in [0.5, 0.6) is 0 Å². The number of ether oxygens (including phenoxy) is 2. The van der Waals surface area contributed by atoms with E-state index in [9.17, 15) is 27.2 Å². The van der Waals surface area contributed by atoms with Crippen LogP contribution in [0.25, 0.3) is 0 Å². The fraction of sp³-hybridized carbons (Fsp3) is 0.455. The van der Waals surface area contributed by atoms with Crippen molar-refractivity contribution in [1.29, 1.82) is 0 Å². The number of hydrogen-bond acceptors (Lipinski definition) is 6. The Morgan fingerprint density at radius 3 is 2.32 bits per heavy atom. The molecule has 0 amide bonds. The molecule has 0 aliphatic carbocycles. The molecule has 34 heavy (non-hydrogen) atoms. The standard InChI is InChI=1S/C22H24ClF5N2O4/c1-3-34-21(32)16-13(6-4-5-9-29)30-14(10-24)17(20(31)33-2)18(16)15-12(25)8-7-11(23)19(15)22(26,27)28/h7-8,18,30H,3-6,9-10,29H2,1-2H3. The molecule has 0 aromatic heterocycles. The Balaban J connectivity index is 2.99. The molecule has 2 rings (SSSR count). The summed E-state index contributed by atoms with van der Waals surface area (Å²) in [5.74, 6) is -5.75. The predicted octanol–water partition coefficient (Wildman–Crippen LogP) is 4.53. The van der Waals surface area contributed by atoms with Gasteiger partial charge in [-0.15, -0.1) is 0 Å². The van der Waals surface area contributed by atoms with Crippen LogP contribution >= 0.6 is 11.6 Å². The lowest BCUT2D eigenvalue weighted by Crippen LogP contribution is -2.36. The number of carbonyl (C=O) groups is 2. The van der Waals surface area contributed by atoms with Crippen LogP contribution in [0.4, 0.5) is 22.0 Å². The van der Waals surface area contributed by atoms with Gasteiger partial charge in [-0.05, 0) is 44.9 Å². The van der Waals surface area contributed by atoms with Crippen molar-refractivity contribution in [1.82, 2.24) is 5.32 Å². The molecule has 0 radical (unpaired) electrons. The van der Waals surface area contributed by atoms with Gasteiger partial charge in [-0.3, -0.25) is 0 Å². The number of nitrogens with two attached hydrogens (primary N) is 1. The molecule has 3 N–H and O–H groups in total. The van der Waals surface area contributed by atoms with E-state index in [-0.39, 0.29) is 25.3 Å². The Morgan fingerprint density at radius 2 is 1.79 bits per heavy atom. The summed E-state index contributed by atoms with van der Waals surface area (Å²) >= 11 is 5.81. The maximum absolute atomic E-state index is 15.1. The van der Waals surface area contributed by atoms with E-state index in [0.29, 0.717) is 25.0 Å². The van der Waals surface area contributed by atoms with Crippen LogP contribution in [0, 0.1) is 5.82 Å². The number of methoxy groups -OCH3 is 1. The molecule has 188 valence electrons. The Labute approximate surface area is 197 Å². The molecule has 0 saturated carbocycles. The summed E-state index contributed by atoms with van der Waals surface area (Å²) in [6.45, 7) is 0.248. The van der Waals surface area contributed by atoms with Crippen LogP contribution in [-0.2, 0) is 25.2 Å². The van der Waals surface area contributed by atoms with E-state index in [1.165, 1.54) is 6.92 Å². The van der Waals surface area contributed by atoms with Crippen molar-refractivity contribution in [2.24, 2.45) is 5.73 Å². The summed E-state index contributed by atoms with van der Waals surface area (Å²) in [5.41, 5.74) is 1.17. The number of rotatable bonds is 9. The summed E-state index contributed by atoms with van der Waals surface area (Å²) in [5, 5.41) is 1.75. The Hall–Kier alpha value is -2.66. The van der Waals surface area contributed by atoms with Crippen molar-refractivity contribution >= 4 is 23.5 Å². The maximum atomic E-state index is 15.1. The van der Waals surface area contributed by atoms with Gasteiger partial charge in [-0.1, -0.05) is 11.6 Å². The molecular formula is C22H24ClF5N2O4. The van der Waals surface area contributed by atoms with Crippen LogP contribution in [0.1, 0.15) is 43.2 Å². The zero-order valence-electron chi connectivity index (χ0n) is 18.5. The highest BCUT2D eigenvalue weighted by Crippen LogP contribution is 2.48. The van der Waals surface area contributed by atoms with Gasteiger partial charge < -0.3 is 20.5 Å². The van der Waals surface area contributed by atoms with Crippen molar-refractivity contribution < 1.29 is 41.0 Å². The largest absolute Gasteiger partial charge is 0.466 e. The molecule has 1 heterocycles. The average Bonchev–Trinajstić information content (AvgIpc) is 2.78. The van der Waals surface area contributed by atoms with Gasteiger partial charge in [0.05, 0.1) is 47.1 Å². The molecule has 6 nitrogen and oxygen atoms in total. The van der Waals surface area contributed by atoms with E-state index in [0.717, 1.165) is 7.11 Å². The normalized spacial score (nSPS) is 16.4. The maximum Gasteiger partial charge on any atom is 0.418 e. The molecule has 0 fully saturated rings. The molecule has 0 bridgehead atoms. The van der Waals surface area contributed by atoms with E-state index >= 15 is 4.39 Å². The number of carbonyl (C=O) groups excluding carboxylic acids is 2. The summed E-state index contributed by atoms with van der Waals surface area (Å²) in [6, 6.07) is 1.38. The van der Waals surface area contributed by atoms with Crippen LogP contribution in [0.3, 0.4) is 0 Å². The molecule has 1 aromatic rings. The molecule has 1 aromatic carbocycles. The Morgan fingerprint density at radius 1 is 1.15 bits per heavy atom. The number of allylic oxidation sites excluding steroid dienone is 2. The third kappa shape index (κ3) is 5.69. The van der Waals surface area contributed by atoms with Gasteiger partial charge in [-0.2, -0.15) is 13.2 Å². The highest BCUT2D eigenvalue weighted by atomic mass is 35.5. The quantitative estimate of drug-likeness (QED) is 0.288. The first-order chi connectivity index (χ1) is 16.0. The molecule has 0 saturated heterocycles. The second kappa shape index (κ2) is 11.7. The van der Waals surface area contributed by atoms with E-state index in [1.807, 2.05) is 0 Å². The van der Waals surface area contributed by atoms with Crippen LogP contribution in [0.15, 0.2) is 34.7 Å². The van der Waals surface area contributed by atoms with Crippen molar-refractivity contribution in [3.8, 4) is 0 Å². The minimum atomic E-state index is -5.17. The number of benzene rings is 1. The smallest absolute Gasteiger partial charge is 0.418 e. The van der Waals surface area contributed by atoms with Gasteiger partial charge >= 0.3 is 18.1 Å². The Kier molecular flexibility index (Phi) is 9.45. The number of dihydropyridines is 1. The highest BCUT2D eigenvalue weighted by Gasteiger charge is 2.46. The van der Waals surface area contributed by atoms with Crippen LogP contribution in [-0.4, -0.2) is 38.9 Å². The van der Waals surface area contributed by atoms with Crippen molar-refractivity contribution in [2.45, 2.75) is 38.3 Å². The highest BCUT2D eigenvalue weighted by molar-refractivity contribution is 6.31. The lowest BCUT2D eigenvalue weighted by Gasteiger charge is -2.33. The average molecular weight is 511 g/mol. The number of esters is 2. The van der Waals surface area contributed by atoms with Crippen molar-refractivity contribution in [3.05, 3.63) is 56.6 Å². The third-order valence-corrected chi connectivity index (χ3v) is 5.47. The second-order valence-corrected chi connectivity index (χ2v) is 7.66. The molecule has 1 atom stereocenters. The molecular weight excluding hydrogens is 487 g/mol. The monoisotopic (exact) mass is 510 g/mol. The van der Waals surface area contributed by atoms with Crippen molar-refractivity contribution in [3.63, 3.8) is 0 Å². The first-order valence-corrected chi connectivity index (χ1v) is 10.7. The summed E-state index contributed by atoms with van der Waals surface area (Å²) in [6.07, 6.45) is -4.28. The molecule has 12 heteroatoms. The Bertz CT molecular complexity index is 1010. The number of unbranched alkanes of at least 4 members (excludes halogenated alkanes) is 1. The number of nitrogens with one attached hydrogen (secondary N) is 1. The van der Waals surface area contributed by atoms with E-state index < -0.39 is 69.5 Å². The summed E-state index contributed by atoms with van der Waals surface area (Å²) < 4.78 is 81.0. The van der Waals surface area contributed by atoms with Crippen molar-refractivity contribution in [2.75, 3.05) is 26.9 Å². The summed E-state index contributed by atoms with van der Waals surface area (Å²) in [7, 11) is 0.922. The zero-order valence-corrected chi connectivity index (χ0v) is 19.2. The minimum absolute atomic E-state index is 0.00953. The van der Waals surface area contributed by atoms with Crippen LogP contribution in [0.2, 0.25) is 5.02 Å². The van der Waals surface area contributed by atoms with Gasteiger partial charge in [0, 0.05) is 11.3 Å². The SMILES string of the molecule is CCOC(=O)C1=C(CCCCN)NC(CF)=C(C(=O)OC)C1c1c(F)ccc(Cl)c1C(F)(F)F. The van der Waals surface area contributed by atoms with Crippen LogP contribution < -0.4 is 11.1 Å². The van der Waals surface area contributed by atoms with Gasteiger partial charge in [0.1, 0.15) is 12.5 Å². The van der Waals surface area contributed by atoms with Gasteiger partial charge in [0.2, 0.25) is 0 Å². The number of hydrogen-bond donors (Lipinski definition) is 2. The zero-order chi connectivity index (χ0) is 25.6. The van der Waals surface area contributed by atoms with E-state index in [1.54, 1.807) is 0 Å². The van der Waals surface area contributed by atoms with Gasteiger partial charge in [0.15, 0.2) is 0 Å². The predicted molar refractivity (Wildman–Crippen MR) is 114 cm³/mol. The second-order valence-electron chi connectivity index (χ2n) is 7.25. The fourth-order valence-electron chi connectivity index (χ4n) is 3.79. The van der Waals surface area contributed by atoms with Gasteiger partial charge in [0.25, 0.3) is 0 Å². The first kappa shape index (κ1) is 27.6. The number of alkyl halides is 4. The van der Waals surface area contributed by atoms with E-state index in [2.05, 4.69) is 10.1 Å². The summed E-state index contributed by atoms with van der Waals surface area (Å²) in [4.78, 5) is 25.6. The molecule has 1 unspecified atom stereocenters. The lowest BCUT2D eigenvalue weighted by molar-refractivity contribution is -0.141. The van der Waals surface area contributed by atoms with Gasteiger partial charge in [-0.25, -0.2) is 18.4 Å². The van der Waals surface area contributed by atoms with E-state index in [4.69, 9.17) is 22.1 Å². The molecule has 0 spiro atoms. The topological polar surface area (TPSA) is 90.6 Å². The number of halogens is 6.